The van der Waals surface area contributed by atoms with E-state index in [0.29, 0.717) is 23.7 Å². The number of nitrogens with two attached hydrogens (primary N) is 1. The number of rotatable bonds is 4. The topological polar surface area (TPSA) is 106 Å². The molecule has 2 rings (SSSR count). The van der Waals surface area contributed by atoms with Gasteiger partial charge in [0.25, 0.3) is 0 Å². The number of nitrogens with one attached hydrogen (secondary N) is 1. The van der Waals surface area contributed by atoms with Gasteiger partial charge in [-0.3, -0.25) is 0 Å². The number of aryl methyl sites for hydroxylation is 1. The number of benzene rings is 1. The van der Waals surface area contributed by atoms with Crippen LogP contribution in [-0.4, -0.2) is 25.8 Å². The number of hydrogen-bond acceptors (Lipinski definition) is 5. The summed E-state index contributed by atoms with van der Waals surface area (Å²) in [5.41, 5.74) is 6.69. The summed E-state index contributed by atoms with van der Waals surface area (Å²) >= 11 is 0. The number of anilines is 2. The Morgan fingerprint density at radius 3 is 2.94 bits per heavy atom. The fourth-order valence-corrected chi connectivity index (χ4v) is 1.58. The van der Waals surface area contributed by atoms with E-state index in [-0.39, 0.29) is 5.56 Å². The van der Waals surface area contributed by atoms with Gasteiger partial charge in [-0.2, -0.15) is 0 Å². The molecule has 2 aromatic rings. The Hall–Kier alpha value is -2.57. The lowest BCUT2D eigenvalue weighted by Gasteiger charge is -2.11. The monoisotopic (exact) mass is 247 g/mol. The molecular formula is C11H13N5O2. The predicted molar refractivity (Wildman–Crippen MR) is 66.1 cm³/mol. The molecule has 0 unspecified atom stereocenters. The zero-order chi connectivity index (χ0) is 13.1. The van der Waals surface area contributed by atoms with Crippen LogP contribution < -0.4 is 11.1 Å². The third-order valence-electron chi connectivity index (χ3n) is 2.56. The number of carboxylic acids is 1. The summed E-state index contributed by atoms with van der Waals surface area (Å²) in [6.45, 7) is 0.352. The maximum Gasteiger partial charge on any atom is 0.337 e. The fraction of sp³-hybridized carbons (Fsp3) is 0.182. The van der Waals surface area contributed by atoms with Crippen molar-refractivity contribution in [1.82, 2.24) is 14.8 Å². The van der Waals surface area contributed by atoms with Crippen LogP contribution >= 0.6 is 0 Å². The zero-order valence-electron chi connectivity index (χ0n) is 9.79. The maximum atomic E-state index is 11.1. The van der Waals surface area contributed by atoms with Crippen molar-refractivity contribution in [2.75, 3.05) is 11.1 Å². The van der Waals surface area contributed by atoms with E-state index in [1.165, 1.54) is 6.07 Å². The first-order valence-electron chi connectivity index (χ1n) is 5.28. The highest BCUT2D eigenvalue weighted by Crippen LogP contribution is 2.23. The number of nitrogens with zero attached hydrogens (tertiary/aromatic N) is 3. The number of hydrogen-bond donors (Lipinski definition) is 3. The van der Waals surface area contributed by atoms with Gasteiger partial charge in [0.15, 0.2) is 5.82 Å². The highest BCUT2D eigenvalue weighted by atomic mass is 16.4. The van der Waals surface area contributed by atoms with Crippen LogP contribution in [0.3, 0.4) is 0 Å². The molecule has 1 aromatic carbocycles. The lowest BCUT2D eigenvalue weighted by atomic mass is 10.1. The van der Waals surface area contributed by atoms with E-state index < -0.39 is 5.97 Å². The van der Waals surface area contributed by atoms with Crippen molar-refractivity contribution in [3.05, 3.63) is 35.9 Å². The van der Waals surface area contributed by atoms with Crippen LogP contribution in [0.25, 0.3) is 0 Å². The van der Waals surface area contributed by atoms with Crippen molar-refractivity contribution < 1.29 is 9.90 Å². The quantitative estimate of drug-likeness (QED) is 0.687. The standard InChI is InChI=1S/C11H13N5O2/c1-16-6-14-15-9(16)5-13-10-7(11(17)18)3-2-4-8(10)12/h2-4,6,13H,5,12H2,1H3,(H,17,18). The number of carboxylic acid groups (broad SMARTS) is 1. The molecule has 94 valence electrons. The van der Waals surface area contributed by atoms with Gasteiger partial charge in [0, 0.05) is 7.05 Å². The van der Waals surface area contributed by atoms with Crippen molar-refractivity contribution >= 4 is 17.3 Å². The van der Waals surface area contributed by atoms with Gasteiger partial charge in [0.05, 0.1) is 23.5 Å². The van der Waals surface area contributed by atoms with E-state index in [4.69, 9.17) is 10.8 Å². The third-order valence-corrected chi connectivity index (χ3v) is 2.56. The molecule has 7 heteroatoms. The summed E-state index contributed by atoms with van der Waals surface area (Å²) in [7, 11) is 1.81. The molecule has 0 radical (unpaired) electrons. The second kappa shape index (κ2) is 4.74. The Labute approximate surface area is 103 Å². The smallest absolute Gasteiger partial charge is 0.337 e. The Balaban J connectivity index is 2.24. The van der Waals surface area contributed by atoms with E-state index >= 15 is 0 Å². The second-order valence-corrected chi connectivity index (χ2v) is 3.79. The molecule has 0 fully saturated rings. The zero-order valence-corrected chi connectivity index (χ0v) is 9.79. The van der Waals surface area contributed by atoms with Crippen molar-refractivity contribution in [2.45, 2.75) is 6.54 Å². The van der Waals surface area contributed by atoms with E-state index in [9.17, 15) is 4.79 Å². The highest BCUT2D eigenvalue weighted by molar-refractivity contribution is 5.97. The molecule has 1 heterocycles. The van der Waals surface area contributed by atoms with Gasteiger partial charge in [0.2, 0.25) is 0 Å². The summed E-state index contributed by atoms with van der Waals surface area (Å²) in [4.78, 5) is 11.1. The molecule has 1 aromatic heterocycles. The average molecular weight is 247 g/mol. The van der Waals surface area contributed by atoms with Crippen LogP contribution in [0.5, 0.6) is 0 Å². The van der Waals surface area contributed by atoms with Gasteiger partial charge >= 0.3 is 5.97 Å². The summed E-state index contributed by atoms with van der Waals surface area (Å²) in [6.07, 6.45) is 1.57. The normalized spacial score (nSPS) is 10.3. The number of para-hydroxylation sites is 1. The minimum atomic E-state index is -1.03. The molecule has 0 atom stereocenters. The second-order valence-electron chi connectivity index (χ2n) is 3.79. The molecule has 0 amide bonds. The molecule has 0 aliphatic carbocycles. The number of aromatic carboxylic acids is 1. The average Bonchev–Trinajstić information content (AvgIpc) is 2.73. The van der Waals surface area contributed by atoms with Crippen LogP contribution in [-0.2, 0) is 13.6 Å². The number of carbonyl (C=O) groups is 1. The molecular weight excluding hydrogens is 234 g/mol. The minimum Gasteiger partial charge on any atom is -0.478 e. The van der Waals surface area contributed by atoms with Gasteiger partial charge < -0.3 is 20.7 Å². The fourth-order valence-electron chi connectivity index (χ4n) is 1.58. The Bertz CT molecular complexity index is 579. The Morgan fingerprint density at radius 1 is 1.56 bits per heavy atom. The van der Waals surface area contributed by atoms with Crippen molar-refractivity contribution in [1.29, 1.82) is 0 Å². The van der Waals surface area contributed by atoms with E-state index in [0.717, 1.165) is 0 Å². The lowest BCUT2D eigenvalue weighted by Crippen LogP contribution is -2.11. The van der Waals surface area contributed by atoms with Gasteiger partial charge in [0.1, 0.15) is 6.33 Å². The first kappa shape index (κ1) is 11.9. The molecule has 18 heavy (non-hydrogen) atoms. The number of nitrogen functional groups attached to an aromatic ring is 1. The van der Waals surface area contributed by atoms with E-state index in [1.807, 2.05) is 7.05 Å². The van der Waals surface area contributed by atoms with Crippen molar-refractivity contribution in [2.24, 2.45) is 7.05 Å². The van der Waals surface area contributed by atoms with Gasteiger partial charge in [-0.1, -0.05) is 6.07 Å². The largest absolute Gasteiger partial charge is 0.478 e. The molecule has 0 bridgehead atoms. The number of aromatic nitrogens is 3. The van der Waals surface area contributed by atoms with Crippen LogP contribution in [0.1, 0.15) is 16.2 Å². The molecule has 0 spiro atoms. The molecule has 0 aliphatic heterocycles. The van der Waals surface area contributed by atoms with Gasteiger partial charge in [-0.05, 0) is 12.1 Å². The van der Waals surface area contributed by atoms with Gasteiger partial charge in [-0.25, -0.2) is 4.79 Å². The SMILES string of the molecule is Cn1cnnc1CNc1c(N)cccc1C(=O)O. The molecule has 7 nitrogen and oxygen atoms in total. The third kappa shape index (κ3) is 2.24. The Morgan fingerprint density at radius 2 is 2.33 bits per heavy atom. The molecule has 0 saturated carbocycles. The van der Waals surface area contributed by atoms with Crippen LogP contribution in [0.15, 0.2) is 24.5 Å². The first-order chi connectivity index (χ1) is 8.59. The first-order valence-corrected chi connectivity index (χ1v) is 5.28. The summed E-state index contributed by atoms with van der Waals surface area (Å²) in [5.74, 6) is -0.336. The summed E-state index contributed by atoms with van der Waals surface area (Å²) < 4.78 is 1.74. The Kier molecular flexibility index (Phi) is 3.13. The molecule has 0 aliphatic rings. The van der Waals surface area contributed by atoms with E-state index in [2.05, 4.69) is 15.5 Å². The van der Waals surface area contributed by atoms with E-state index in [1.54, 1.807) is 23.0 Å². The molecule has 4 N–H and O–H groups in total. The van der Waals surface area contributed by atoms with Crippen molar-refractivity contribution in [3.8, 4) is 0 Å². The minimum absolute atomic E-state index is 0.136. The van der Waals surface area contributed by atoms with Crippen LogP contribution in [0.2, 0.25) is 0 Å². The summed E-state index contributed by atoms with van der Waals surface area (Å²) in [6, 6.07) is 4.75. The van der Waals surface area contributed by atoms with Crippen LogP contribution in [0.4, 0.5) is 11.4 Å². The van der Waals surface area contributed by atoms with Crippen LogP contribution in [0, 0.1) is 0 Å². The lowest BCUT2D eigenvalue weighted by molar-refractivity contribution is 0.0698. The molecule has 0 saturated heterocycles. The van der Waals surface area contributed by atoms with Crippen molar-refractivity contribution in [3.63, 3.8) is 0 Å². The highest BCUT2D eigenvalue weighted by Gasteiger charge is 2.12. The summed E-state index contributed by atoms with van der Waals surface area (Å²) in [5, 5.41) is 19.7. The predicted octanol–water partition coefficient (Wildman–Crippen LogP) is 0.708. The maximum absolute atomic E-state index is 11.1. The van der Waals surface area contributed by atoms with Gasteiger partial charge in [-0.15, -0.1) is 10.2 Å².